The summed E-state index contributed by atoms with van der Waals surface area (Å²) in [5, 5.41) is 0. The van der Waals surface area contributed by atoms with E-state index in [1.807, 2.05) is 0 Å². The Bertz CT molecular complexity index is 520. The zero-order valence-electron chi connectivity index (χ0n) is 9.51. The Kier molecular flexibility index (Phi) is 3.84. The van der Waals surface area contributed by atoms with Gasteiger partial charge >= 0.3 is 0 Å². The van der Waals surface area contributed by atoms with Gasteiger partial charge in [-0.3, -0.25) is 4.98 Å². The lowest BCUT2D eigenvalue weighted by Crippen LogP contribution is -2.18. The maximum absolute atomic E-state index is 13.0. The first-order valence-electron chi connectivity index (χ1n) is 5.42. The first-order valence-corrected chi connectivity index (χ1v) is 5.42. The van der Waals surface area contributed by atoms with Crippen molar-refractivity contribution >= 4 is 0 Å². The van der Waals surface area contributed by atoms with Crippen LogP contribution in [-0.2, 0) is 0 Å². The van der Waals surface area contributed by atoms with E-state index in [9.17, 15) is 8.78 Å². The third-order valence-electron chi connectivity index (χ3n) is 2.46. The number of ether oxygens (including phenoxy) is 1. The number of nitrogens with zero attached hydrogens (tertiary/aromatic N) is 1. The number of aromatic nitrogens is 1. The van der Waals surface area contributed by atoms with Crippen LogP contribution >= 0.6 is 0 Å². The maximum Gasteiger partial charge on any atom is 0.162 e. The molecule has 3 nitrogen and oxygen atoms in total. The number of benzene rings is 1. The Balaban J connectivity index is 2.18. The minimum absolute atomic E-state index is 0.225. The molecule has 2 rings (SSSR count). The van der Waals surface area contributed by atoms with E-state index in [1.54, 1.807) is 24.5 Å². The fourth-order valence-corrected chi connectivity index (χ4v) is 1.54. The van der Waals surface area contributed by atoms with Crippen molar-refractivity contribution in [1.29, 1.82) is 0 Å². The summed E-state index contributed by atoms with van der Waals surface area (Å²) in [7, 11) is 0. The van der Waals surface area contributed by atoms with Crippen LogP contribution in [0.4, 0.5) is 8.78 Å². The molecule has 1 aromatic carbocycles. The van der Waals surface area contributed by atoms with Crippen molar-refractivity contribution < 1.29 is 13.5 Å². The molecule has 1 atom stereocenters. The van der Waals surface area contributed by atoms with Crippen LogP contribution in [0.2, 0.25) is 0 Å². The van der Waals surface area contributed by atoms with Gasteiger partial charge in [-0.15, -0.1) is 0 Å². The average molecular weight is 250 g/mol. The summed E-state index contributed by atoms with van der Waals surface area (Å²) in [4.78, 5) is 3.89. The lowest BCUT2D eigenvalue weighted by molar-refractivity contribution is 0.212. The SMILES string of the molecule is NCC(Oc1ccc(F)c(F)c1)c1ccncc1. The first-order chi connectivity index (χ1) is 8.70. The van der Waals surface area contributed by atoms with Gasteiger partial charge in [-0.2, -0.15) is 0 Å². The van der Waals surface area contributed by atoms with Crippen LogP contribution in [0.1, 0.15) is 11.7 Å². The highest BCUT2D eigenvalue weighted by Gasteiger charge is 2.12. The van der Waals surface area contributed by atoms with E-state index in [0.717, 1.165) is 17.7 Å². The van der Waals surface area contributed by atoms with E-state index in [2.05, 4.69) is 4.98 Å². The number of rotatable bonds is 4. The Morgan fingerprint density at radius 2 is 1.83 bits per heavy atom. The zero-order chi connectivity index (χ0) is 13.0. The van der Waals surface area contributed by atoms with Gasteiger partial charge in [0.2, 0.25) is 0 Å². The van der Waals surface area contributed by atoms with E-state index in [4.69, 9.17) is 10.5 Å². The van der Waals surface area contributed by atoms with E-state index < -0.39 is 17.7 Å². The molecule has 0 bridgehead atoms. The molecule has 0 saturated heterocycles. The fraction of sp³-hybridized carbons (Fsp3) is 0.154. The van der Waals surface area contributed by atoms with Gasteiger partial charge in [0.15, 0.2) is 11.6 Å². The number of halogens is 2. The number of pyridine rings is 1. The van der Waals surface area contributed by atoms with E-state index in [-0.39, 0.29) is 12.3 Å². The molecule has 5 heteroatoms. The molecule has 2 aromatic rings. The summed E-state index contributed by atoms with van der Waals surface area (Å²) >= 11 is 0. The highest BCUT2D eigenvalue weighted by atomic mass is 19.2. The van der Waals surface area contributed by atoms with Crippen LogP contribution in [0, 0.1) is 11.6 Å². The van der Waals surface area contributed by atoms with Crippen LogP contribution < -0.4 is 10.5 Å². The molecular formula is C13H12F2N2O. The Hall–Kier alpha value is -2.01. The van der Waals surface area contributed by atoms with Gasteiger partial charge in [0.25, 0.3) is 0 Å². The lowest BCUT2D eigenvalue weighted by atomic mass is 10.1. The third kappa shape index (κ3) is 2.81. The standard InChI is InChI=1S/C13H12F2N2O/c14-11-2-1-10(7-12(11)15)18-13(8-16)9-3-5-17-6-4-9/h1-7,13H,8,16H2. The van der Waals surface area contributed by atoms with Crippen molar-refractivity contribution in [2.45, 2.75) is 6.10 Å². The molecule has 0 radical (unpaired) electrons. The van der Waals surface area contributed by atoms with E-state index in [1.165, 1.54) is 6.07 Å². The van der Waals surface area contributed by atoms with Gasteiger partial charge in [0, 0.05) is 25.0 Å². The molecule has 1 aromatic heterocycles. The van der Waals surface area contributed by atoms with Gasteiger partial charge in [-0.25, -0.2) is 8.78 Å². The summed E-state index contributed by atoms with van der Waals surface area (Å²) in [5.74, 6) is -1.62. The lowest BCUT2D eigenvalue weighted by Gasteiger charge is -2.17. The smallest absolute Gasteiger partial charge is 0.162 e. The molecule has 94 valence electrons. The normalized spacial score (nSPS) is 12.2. The molecule has 0 aliphatic heterocycles. The van der Waals surface area contributed by atoms with Crippen LogP contribution in [0.15, 0.2) is 42.7 Å². The quantitative estimate of drug-likeness (QED) is 0.906. The summed E-state index contributed by atoms with van der Waals surface area (Å²) < 4.78 is 31.3. The van der Waals surface area contributed by atoms with Gasteiger partial charge in [-0.1, -0.05) is 0 Å². The highest BCUT2D eigenvalue weighted by molar-refractivity contribution is 5.25. The zero-order valence-corrected chi connectivity index (χ0v) is 9.51. The summed E-state index contributed by atoms with van der Waals surface area (Å²) in [6.45, 7) is 0.225. The van der Waals surface area contributed by atoms with Crippen molar-refractivity contribution in [1.82, 2.24) is 4.98 Å². The molecule has 0 amide bonds. The van der Waals surface area contributed by atoms with Crippen molar-refractivity contribution in [2.75, 3.05) is 6.54 Å². The van der Waals surface area contributed by atoms with Gasteiger partial charge in [0.05, 0.1) is 0 Å². The molecule has 1 heterocycles. The predicted molar refractivity (Wildman–Crippen MR) is 63.0 cm³/mol. The van der Waals surface area contributed by atoms with Gasteiger partial charge in [0.1, 0.15) is 11.9 Å². The van der Waals surface area contributed by atoms with Gasteiger partial charge in [-0.05, 0) is 29.8 Å². The van der Waals surface area contributed by atoms with E-state index >= 15 is 0 Å². The topological polar surface area (TPSA) is 48.1 Å². The van der Waals surface area contributed by atoms with Crippen LogP contribution in [0.25, 0.3) is 0 Å². The largest absolute Gasteiger partial charge is 0.484 e. The van der Waals surface area contributed by atoms with Gasteiger partial charge < -0.3 is 10.5 Å². The van der Waals surface area contributed by atoms with Crippen molar-refractivity contribution in [3.8, 4) is 5.75 Å². The fourth-order valence-electron chi connectivity index (χ4n) is 1.54. The second-order valence-electron chi connectivity index (χ2n) is 3.70. The Morgan fingerprint density at radius 3 is 2.44 bits per heavy atom. The summed E-state index contributed by atoms with van der Waals surface area (Å²) in [6.07, 6.45) is 2.82. The third-order valence-corrected chi connectivity index (χ3v) is 2.46. The number of hydrogen-bond acceptors (Lipinski definition) is 3. The minimum atomic E-state index is -0.946. The van der Waals surface area contributed by atoms with Crippen molar-refractivity contribution in [2.24, 2.45) is 5.73 Å². The second kappa shape index (κ2) is 5.55. The summed E-state index contributed by atoms with van der Waals surface area (Å²) in [6, 6.07) is 6.90. The van der Waals surface area contributed by atoms with Crippen molar-refractivity contribution in [3.63, 3.8) is 0 Å². The van der Waals surface area contributed by atoms with Crippen LogP contribution in [-0.4, -0.2) is 11.5 Å². The first kappa shape index (κ1) is 12.4. The molecule has 0 saturated carbocycles. The maximum atomic E-state index is 13.0. The summed E-state index contributed by atoms with van der Waals surface area (Å²) in [5.41, 5.74) is 6.44. The molecule has 2 N–H and O–H groups in total. The highest BCUT2D eigenvalue weighted by Crippen LogP contribution is 2.22. The molecular weight excluding hydrogens is 238 g/mol. The number of nitrogens with two attached hydrogens (primary N) is 1. The molecule has 0 aliphatic rings. The molecule has 18 heavy (non-hydrogen) atoms. The molecule has 0 fully saturated rings. The minimum Gasteiger partial charge on any atom is -0.484 e. The second-order valence-corrected chi connectivity index (χ2v) is 3.70. The monoisotopic (exact) mass is 250 g/mol. The van der Waals surface area contributed by atoms with Crippen LogP contribution in [0.5, 0.6) is 5.75 Å². The Morgan fingerprint density at radius 1 is 1.11 bits per heavy atom. The number of hydrogen-bond donors (Lipinski definition) is 1. The van der Waals surface area contributed by atoms with Crippen LogP contribution in [0.3, 0.4) is 0 Å². The van der Waals surface area contributed by atoms with E-state index in [0.29, 0.717) is 0 Å². The molecule has 0 spiro atoms. The molecule has 1 unspecified atom stereocenters. The predicted octanol–water partition coefficient (Wildman–Crippen LogP) is 2.44. The average Bonchev–Trinajstić information content (AvgIpc) is 2.41. The van der Waals surface area contributed by atoms with Crippen molar-refractivity contribution in [3.05, 3.63) is 59.9 Å². The molecule has 0 aliphatic carbocycles. The Labute approximate surface area is 103 Å².